The van der Waals surface area contributed by atoms with Gasteiger partial charge in [0.2, 0.25) is 5.91 Å². The number of benzene rings is 2. The van der Waals surface area contributed by atoms with Crippen LogP contribution in [0.15, 0.2) is 53.5 Å². The number of aliphatic imine (C=N–C) groups is 1. The molecule has 0 bridgehead atoms. The Balaban J connectivity index is 1.20. The lowest BCUT2D eigenvalue weighted by molar-refractivity contribution is -0.159. The minimum Gasteiger partial charge on any atom is -0.479 e. The lowest BCUT2D eigenvalue weighted by atomic mass is 9.96. The van der Waals surface area contributed by atoms with E-state index in [-0.39, 0.29) is 47.3 Å². The quantitative estimate of drug-likeness (QED) is 0.103. The Morgan fingerprint density at radius 3 is 2.24 bits per heavy atom. The van der Waals surface area contributed by atoms with Crippen LogP contribution in [0.4, 0.5) is 11.6 Å². The van der Waals surface area contributed by atoms with Gasteiger partial charge >= 0.3 is 5.97 Å². The zero-order chi connectivity index (χ0) is 32.6. The number of aliphatic carboxylic acids is 1. The first-order valence-electron chi connectivity index (χ1n) is 14.6. The molecule has 0 aliphatic carbocycles. The van der Waals surface area contributed by atoms with E-state index in [1.165, 1.54) is 10.5 Å². The smallest absolute Gasteiger partial charge is 0.330 e. The average molecular weight is 636 g/mol. The van der Waals surface area contributed by atoms with Gasteiger partial charge in [-0.3, -0.25) is 19.9 Å². The van der Waals surface area contributed by atoms with Gasteiger partial charge in [-0.1, -0.05) is 60.1 Å². The number of carboxylic acid groups (broad SMARTS) is 1. The van der Waals surface area contributed by atoms with Gasteiger partial charge in [-0.05, 0) is 54.9 Å². The minimum absolute atomic E-state index is 0.0585. The predicted molar refractivity (Wildman–Crippen MR) is 174 cm³/mol. The van der Waals surface area contributed by atoms with Gasteiger partial charge in [0, 0.05) is 32.6 Å². The molecule has 0 saturated carbocycles. The van der Waals surface area contributed by atoms with E-state index in [0.29, 0.717) is 26.1 Å². The van der Waals surface area contributed by atoms with Crippen molar-refractivity contribution in [3.8, 4) is 11.1 Å². The maximum atomic E-state index is 12.9. The number of guanidine groups is 1. The maximum Gasteiger partial charge on any atom is 0.330 e. The second kappa shape index (κ2) is 14.8. The molecule has 4 rings (SSSR count). The number of piperazine rings is 1. The van der Waals surface area contributed by atoms with Crippen LogP contribution in [0.5, 0.6) is 0 Å². The molecule has 45 heavy (non-hydrogen) atoms. The number of hydrogen-bond acceptors (Lipinski definition) is 9. The van der Waals surface area contributed by atoms with Crippen LogP contribution >= 0.6 is 11.6 Å². The number of rotatable bonds is 11. The van der Waals surface area contributed by atoms with Gasteiger partial charge in [0.05, 0.1) is 0 Å². The third kappa shape index (κ3) is 8.46. The number of anilines is 2. The van der Waals surface area contributed by atoms with E-state index < -0.39 is 17.4 Å². The Labute approximate surface area is 266 Å². The second-order valence-electron chi connectivity index (χ2n) is 11.0. The zero-order valence-electron chi connectivity index (χ0n) is 25.1. The van der Waals surface area contributed by atoms with Crippen molar-refractivity contribution in [2.45, 2.75) is 44.6 Å². The number of hydrogen-bond donors (Lipinski definition) is 6. The first kappa shape index (κ1) is 33.1. The summed E-state index contributed by atoms with van der Waals surface area (Å²) in [6.45, 7) is 3.23. The third-order valence-electron chi connectivity index (χ3n) is 7.72. The number of halogens is 1. The fraction of sp³-hybridized carbons (Fsp3) is 0.355. The molecule has 1 aliphatic rings. The first-order valence-corrected chi connectivity index (χ1v) is 15.0. The number of nitrogens with one attached hydrogen (secondary N) is 2. The molecular formula is C31H38ClN9O4. The van der Waals surface area contributed by atoms with Crippen LogP contribution in [0.3, 0.4) is 0 Å². The van der Waals surface area contributed by atoms with Gasteiger partial charge in [-0.15, -0.1) is 0 Å². The number of amides is 2. The van der Waals surface area contributed by atoms with E-state index >= 15 is 0 Å². The molecule has 13 nitrogen and oxygen atoms in total. The molecule has 9 N–H and O–H groups in total. The van der Waals surface area contributed by atoms with Crippen molar-refractivity contribution in [1.29, 1.82) is 0 Å². The Bertz CT molecular complexity index is 1560. The van der Waals surface area contributed by atoms with Crippen molar-refractivity contribution in [3.05, 3.63) is 70.5 Å². The summed E-state index contributed by atoms with van der Waals surface area (Å²) >= 11 is 5.81. The first-order chi connectivity index (χ1) is 21.5. The number of carboxylic acids is 1. The van der Waals surface area contributed by atoms with Crippen LogP contribution in [-0.4, -0.2) is 75.4 Å². The van der Waals surface area contributed by atoms with Gasteiger partial charge < -0.3 is 32.5 Å². The summed E-state index contributed by atoms with van der Waals surface area (Å²) in [6.07, 6.45) is 3.30. The molecule has 3 aromatic rings. The minimum atomic E-state index is -1.23. The Morgan fingerprint density at radius 1 is 1.00 bits per heavy atom. The molecule has 2 aromatic carbocycles. The molecule has 1 saturated heterocycles. The Morgan fingerprint density at radius 2 is 1.62 bits per heavy atom. The summed E-state index contributed by atoms with van der Waals surface area (Å²) in [5.41, 5.74) is 20.0. The number of nitrogens with two attached hydrogens (primary N) is 3. The summed E-state index contributed by atoms with van der Waals surface area (Å²) in [5.74, 6) is -2.11. The molecule has 2 amide bonds. The predicted octanol–water partition coefficient (Wildman–Crippen LogP) is 2.24. The fourth-order valence-corrected chi connectivity index (χ4v) is 5.16. The van der Waals surface area contributed by atoms with E-state index in [1.807, 2.05) is 24.3 Å². The van der Waals surface area contributed by atoms with Gasteiger partial charge in [0.15, 0.2) is 28.4 Å². The van der Waals surface area contributed by atoms with Gasteiger partial charge in [-0.2, -0.15) is 0 Å². The third-order valence-corrected chi connectivity index (χ3v) is 8.00. The standard InChI is InChI=1S/C31H38ClN9O4/c1-31(29(44)45)18-36-16-17-41(31)23(42)14-9-20-7-12-22(13-8-20)21-10-5-19(6-11-21)4-2-3-15-37-30(35)40-28(43)24-26(33)39-27(34)25(32)38-24/h5-8,10-13,36H,2-4,9,14-18H2,1H3,(H,44,45)(H4,33,34,39)(H3,35,37,40,43)/t31-/m1/s1. The lowest BCUT2D eigenvalue weighted by Crippen LogP contribution is -2.65. The largest absolute Gasteiger partial charge is 0.479 e. The summed E-state index contributed by atoms with van der Waals surface area (Å²) < 4.78 is 0. The van der Waals surface area contributed by atoms with Gasteiger partial charge in [0.1, 0.15) is 5.54 Å². The number of aryl methyl sites for hydroxylation is 2. The Hall–Kier alpha value is -4.75. The summed E-state index contributed by atoms with van der Waals surface area (Å²) in [4.78, 5) is 50.2. The van der Waals surface area contributed by atoms with Crippen LogP contribution in [0.2, 0.25) is 5.15 Å². The van der Waals surface area contributed by atoms with Crippen molar-refractivity contribution >= 4 is 47.0 Å². The van der Waals surface area contributed by atoms with E-state index in [1.54, 1.807) is 6.92 Å². The van der Waals surface area contributed by atoms with E-state index in [2.05, 4.69) is 49.9 Å². The van der Waals surface area contributed by atoms with Crippen molar-refractivity contribution < 1.29 is 19.5 Å². The van der Waals surface area contributed by atoms with Crippen molar-refractivity contribution in [1.82, 2.24) is 25.5 Å². The highest BCUT2D eigenvalue weighted by atomic mass is 35.5. The average Bonchev–Trinajstić information content (AvgIpc) is 3.02. The van der Waals surface area contributed by atoms with Crippen LogP contribution < -0.4 is 27.8 Å². The monoisotopic (exact) mass is 635 g/mol. The molecule has 1 fully saturated rings. The molecule has 14 heteroatoms. The molecule has 1 aromatic heterocycles. The zero-order valence-corrected chi connectivity index (χ0v) is 25.8. The number of nitrogens with zero attached hydrogens (tertiary/aromatic N) is 4. The van der Waals surface area contributed by atoms with Crippen LogP contribution in [-0.2, 0) is 22.4 Å². The van der Waals surface area contributed by atoms with Crippen LogP contribution in [0.1, 0.15) is 47.8 Å². The SMILES string of the molecule is C[C@]1(C(=O)O)CNCCN1C(=O)CCc1ccc(-c2ccc(CCCCN=C(N)NC(=O)c3nc(Cl)c(N)nc3N)cc2)cc1. The number of unbranched alkanes of at least 4 members (excludes halogenated alkanes) is 1. The van der Waals surface area contributed by atoms with E-state index in [0.717, 1.165) is 36.0 Å². The van der Waals surface area contributed by atoms with Crippen LogP contribution in [0.25, 0.3) is 11.1 Å². The van der Waals surface area contributed by atoms with Gasteiger partial charge in [0.25, 0.3) is 5.91 Å². The van der Waals surface area contributed by atoms with Crippen LogP contribution in [0, 0.1) is 0 Å². The molecule has 1 atom stereocenters. The summed E-state index contributed by atoms with van der Waals surface area (Å²) in [6, 6.07) is 16.4. The molecule has 238 valence electrons. The highest BCUT2D eigenvalue weighted by Crippen LogP contribution is 2.23. The topological polar surface area (TPSA) is 215 Å². The molecular weight excluding hydrogens is 598 g/mol. The summed E-state index contributed by atoms with van der Waals surface area (Å²) in [7, 11) is 0. The van der Waals surface area contributed by atoms with Crippen molar-refractivity contribution in [2.75, 3.05) is 37.6 Å². The highest BCUT2D eigenvalue weighted by molar-refractivity contribution is 6.31. The number of nitrogen functional groups attached to an aromatic ring is 2. The van der Waals surface area contributed by atoms with Gasteiger partial charge in [-0.25, -0.2) is 14.8 Å². The second-order valence-corrected chi connectivity index (χ2v) is 11.4. The number of carbonyl (C=O) groups is 3. The lowest BCUT2D eigenvalue weighted by Gasteiger charge is -2.42. The molecule has 0 radical (unpaired) electrons. The summed E-state index contributed by atoms with van der Waals surface area (Å²) in [5, 5.41) is 15.0. The molecule has 1 aliphatic heterocycles. The highest BCUT2D eigenvalue weighted by Gasteiger charge is 2.43. The van der Waals surface area contributed by atoms with E-state index in [9.17, 15) is 19.5 Å². The fourth-order valence-electron chi connectivity index (χ4n) is 5.03. The molecule has 0 spiro atoms. The van der Waals surface area contributed by atoms with Crippen molar-refractivity contribution in [2.24, 2.45) is 10.7 Å². The van der Waals surface area contributed by atoms with E-state index in [4.69, 9.17) is 28.8 Å². The number of carbonyl (C=O) groups excluding carboxylic acids is 2. The maximum absolute atomic E-state index is 12.9. The number of aromatic nitrogens is 2. The normalized spacial score (nSPS) is 16.8. The molecule has 2 heterocycles. The van der Waals surface area contributed by atoms with Crippen molar-refractivity contribution in [3.63, 3.8) is 0 Å². The Kier molecular flexibility index (Phi) is 10.9. The molecule has 0 unspecified atom stereocenters.